The van der Waals surface area contributed by atoms with Crippen LogP contribution in [0.1, 0.15) is 17.0 Å². The minimum atomic E-state index is 0.0891. The molecule has 3 rings (SSSR count). The van der Waals surface area contributed by atoms with E-state index in [1.807, 2.05) is 55.7 Å². The number of aliphatic hydroxyl groups is 1. The van der Waals surface area contributed by atoms with Crippen molar-refractivity contribution in [1.29, 1.82) is 0 Å². The minimum absolute atomic E-state index is 0.0891. The summed E-state index contributed by atoms with van der Waals surface area (Å²) in [4.78, 5) is 6.31. The minimum Gasteiger partial charge on any atom is -0.423 e. The summed E-state index contributed by atoms with van der Waals surface area (Å²) in [5, 5.41) is 17.0. The number of rotatable bonds is 6. The third-order valence-corrected chi connectivity index (χ3v) is 4.07. The zero-order valence-corrected chi connectivity index (χ0v) is 14.5. The van der Waals surface area contributed by atoms with Gasteiger partial charge in [-0.15, -0.1) is 0 Å². The van der Waals surface area contributed by atoms with Crippen molar-refractivity contribution < 1.29 is 9.52 Å². The van der Waals surface area contributed by atoms with Gasteiger partial charge in [0.25, 0.3) is 6.01 Å². The van der Waals surface area contributed by atoms with Crippen LogP contribution in [0.5, 0.6) is 0 Å². The van der Waals surface area contributed by atoms with E-state index in [4.69, 9.17) is 9.52 Å². The monoisotopic (exact) mass is 329 g/mol. The van der Waals surface area contributed by atoms with Crippen LogP contribution in [-0.2, 0) is 13.1 Å². The average Bonchev–Trinajstić information content (AvgIpc) is 3.08. The zero-order chi connectivity index (χ0) is 17.3. The summed E-state index contributed by atoms with van der Waals surface area (Å²) in [7, 11) is 3.80. The fourth-order valence-corrected chi connectivity index (χ4v) is 2.71. The Hall–Kier alpha value is -2.54. The van der Waals surface area contributed by atoms with Crippen molar-refractivity contribution in [1.82, 2.24) is 14.8 Å². The topological polar surface area (TPSA) is 79.3 Å². The molecule has 0 unspecified atom stereocenters. The van der Waals surface area contributed by atoms with E-state index < -0.39 is 0 Å². The van der Waals surface area contributed by atoms with Gasteiger partial charge >= 0.3 is 0 Å². The fraction of sp³-hybridized carbons (Fsp3) is 0.412. The van der Waals surface area contributed by atoms with Gasteiger partial charge in [0.15, 0.2) is 5.58 Å². The number of nitrogens with zero attached hydrogens (tertiary/aromatic N) is 4. The Labute approximate surface area is 140 Å². The molecular formula is C17H23N5O2. The van der Waals surface area contributed by atoms with Gasteiger partial charge in [0.1, 0.15) is 5.52 Å². The fourth-order valence-electron chi connectivity index (χ4n) is 2.71. The number of nitrogens with one attached hydrogen (secondary N) is 1. The van der Waals surface area contributed by atoms with E-state index in [0.29, 0.717) is 19.1 Å². The SMILES string of the molecule is Cc1nn(CCO)c(C)c1CNc1ccc2oc(N(C)C)nc2c1. The molecule has 0 saturated carbocycles. The molecule has 0 atom stereocenters. The van der Waals surface area contributed by atoms with Gasteiger partial charge in [0.2, 0.25) is 0 Å². The van der Waals surface area contributed by atoms with Gasteiger partial charge in [-0.05, 0) is 32.0 Å². The largest absolute Gasteiger partial charge is 0.423 e. The Bertz CT molecular complexity index is 850. The van der Waals surface area contributed by atoms with Crippen LogP contribution in [-0.4, -0.2) is 40.6 Å². The molecule has 0 amide bonds. The molecule has 24 heavy (non-hydrogen) atoms. The summed E-state index contributed by atoms with van der Waals surface area (Å²) in [6.07, 6.45) is 0. The Morgan fingerprint density at radius 1 is 1.29 bits per heavy atom. The normalized spacial score (nSPS) is 11.2. The van der Waals surface area contributed by atoms with Gasteiger partial charge in [-0.3, -0.25) is 4.68 Å². The first kappa shape index (κ1) is 16.3. The number of anilines is 2. The molecule has 0 aliphatic rings. The first-order valence-electron chi connectivity index (χ1n) is 7.95. The molecule has 0 aliphatic heterocycles. The lowest BCUT2D eigenvalue weighted by atomic mass is 10.2. The molecule has 0 spiro atoms. The van der Waals surface area contributed by atoms with Crippen LogP contribution in [0.3, 0.4) is 0 Å². The van der Waals surface area contributed by atoms with Gasteiger partial charge in [-0.2, -0.15) is 10.1 Å². The van der Waals surface area contributed by atoms with Crippen molar-refractivity contribution in [2.24, 2.45) is 0 Å². The molecule has 7 nitrogen and oxygen atoms in total. The van der Waals surface area contributed by atoms with E-state index in [0.717, 1.165) is 33.7 Å². The summed E-state index contributed by atoms with van der Waals surface area (Å²) in [6, 6.07) is 6.48. The van der Waals surface area contributed by atoms with E-state index >= 15 is 0 Å². The predicted octanol–water partition coefficient (Wildman–Crippen LogP) is 2.31. The highest BCUT2D eigenvalue weighted by atomic mass is 16.4. The van der Waals surface area contributed by atoms with Crippen LogP contribution < -0.4 is 10.2 Å². The Kier molecular flexibility index (Phi) is 4.44. The predicted molar refractivity (Wildman–Crippen MR) is 94.4 cm³/mol. The van der Waals surface area contributed by atoms with E-state index in [-0.39, 0.29) is 6.61 Å². The lowest BCUT2D eigenvalue weighted by Gasteiger charge is -2.07. The third kappa shape index (κ3) is 3.07. The highest BCUT2D eigenvalue weighted by molar-refractivity contribution is 5.78. The number of hydrogen-bond donors (Lipinski definition) is 2. The van der Waals surface area contributed by atoms with Gasteiger partial charge < -0.3 is 19.7 Å². The third-order valence-electron chi connectivity index (χ3n) is 4.07. The standard InChI is InChI=1S/C17H23N5O2/c1-11-14(12(2)22(20-11)7-8-23)10-18-13-5-6-16-15(9-13)19-17(24-16)21(3)4/h5-6,9,18,23H,7-8,10H2,1-4H3. The molecule has 3 aromatic rings. The second-order valence-corrected chi connectivity index (χ2v) is 6.02. The maximum atomic E-state index is 9.10. The van der Waals surface area contributed by atoms with Crippen molar-refractivity contribution in [3.8, 4) is 0 Å². The van der Waals surface area contributed by atoms with Gasteiger partial charge in [-0.1, -0.05) is 0 Å². The Balaban J connectivity index is 1.78. The quantitative estimate of drug-likeness (QED) is 0.722. The molecule has 1 aromatic carbocycles. The lowest BCUT2D eigenvalue weighted by molar-refractivity contribution is 0.268. The van der Waals surface area contributed by atoms with Crippen molar-refractivity contribution in [3.63, 3.8) is 0 Å². The van der Waals surface area contributed by atoms with Crippen LogP contribution in [0.4, 0.5) is 11.7 Å². The average molecular weight is 329 g/mol. The second kappa shape index (κ2) is 6.52. The van der Waals surface area contributed by atoms with Crippen molar-refractivity contribution in [2.75, 3.05) is 30.9 Å². The second-order valence-electron chi connectivity index (χ2n) is 6.02. The molecule has 2 heterocycles. The smallest absolute Gasteiger partial charge is 0.297 e. The van der Waals surface area contributed by atoms with Crippen molar-refractivity contribution in [2.45, 2.75) is 26.9 Å². The molecule has 0 bridgehead atoms. The Morgan fingerprint density at radius 2 is 2.08 bits per heavy atom. The first-order chi connectivity index (χ1) is 11.5. The van der Waals surface area contributed by atoms with Crippen LogP contribution in [0.15, 0.2) is 22.6 Å². The number of benzene rings is 1. The zero-order valence-electron chi connectivity index (χ0n) is 14.5. The number of hydrogen-bond acceptors (Lipinski definition) is 6. The van der Waals surface area contributed by atoms with E-state index in [9.17, 15) is 0 Å². The van der Waals surface area contributed by atoms with Crippen LogP contribution in [0.25, 0.3) is 11.1 Å². The molecule has 0 radical (unpaired) electrons. The number of oxazole rings is 1. The first-order valence-corrected chi connectivity index (χ1v) is 7.95. The van der Waals surface area contributed by atoms with E-state index in [2.05, 4.69) is 15.4 Å². The summed E-state index contributed by atoms with van der Waals surface area (Å²) < 4.78 is 7.51. The van der Waals surface area contributed by atoms with Crippen molar-refractivity contribution in [3.05, 3.63) is 35.2 Å². The van der Waals surface area contributed by atoms with E-state index in [1.54, 1.807) is 0 Å². The maximum absolute atomic E-state index is 9.10. The van der Waals surface area contributed by atoms with Crippen LogP contribution in [0, 0.1) is 13.8 Å². The highest BCUT2D eigenvalue weighted by Gasteiger charge is 2.12. The maximum Gasteiger partial charge on any atom is 0.297 e. The number of fused-ring (bicyclic) bond motifs is 1. The molecule has 0 fully saturated rings. The van der Waals surface area contributed by atoms with Gasteiger partial charge in [0, 0.05) is 37.6 Å². The molecule has 0 aliphatic carbocycles. The summed E-state index contributed by atoms with van der Waals surface area (Å²) in [5.74, 6) is 0. The molecule has 0 saturated heterocycles. The summed E-state index contributed by atoms with van der Waals surface area (Å²) in [5.41, 5.74) is 5.78. The summed E-state index contributed by atoms with van der Waals surface area (Å²) >= 11 is 0. The summed E-state index contributed by atoms with van der Waals surface area (Å²) in [6.45, 7) is 5.29. The number of aryl methyl sites for hydroxylation is 1. The molecular weight excluding hydrogens is 306 g/mol. The number of aliphatic hydroxyl groups excluding tert-OH is 1. The molecule has 2 N–H and O–H groups in total. The molecule has 7 heteroatoms. The lowest BCUT2D eigenvalue weighted by Crippen LogP contribution is -2.08. The van der Waals surface area contributed by atoms with Gasteiger partial charge in [-0.25, -0.2) is 0 Å². The number of aromatic nitrogens is 3. The molecule has 128 valence electrons. The molecule has 2 aromatic heterocycles. The highest BCUT2D eigenvalue weighted by Crippen LogP contribution is 2.24. The Morgan fingerprint density at radius 3 is 2.79 bits per heavy atom. The van der Waals surface area contributed by atoms with Crippen LogP contribution >= 0.6 is 0 Å². The van der Waals surface area contributed by atoms with Crippen LogP contribution in [0.2, 0.25) is 0 Å². The van der Waals surface area contributed by atoms with Crippen molar-refractivity contribution >= 4 is 22.8 Å². The van der Waals surface area contributed by atoms with Gasteiger partial charge in [0.05, 0.1) is 18.8 Å². The van der Waals surface area contributed by atoms with E-state index in [1.165, 1.54) is 0 Å².